The number of rotatable bonds is 5. The molecular weight excluding hydrogens is 478 g/mol. The van der Waals surface area contributed by atoms with Gasteiger partial charge in [-0.05, 0) is 42.1 Å². The summed E-state index contributed by atoms with van der Waals surface area (Å²) in [7, 11) is 0. The topological polar surface area (TPSA) is 42.3 Å². The molecule has 1 aliphatic heterocycles. The van der Waals surface area contributed by atoms with Gasteiger partial charge in [0.05, 0.1) is 18.0 Å². The lowest BCUT2D eigenvalue weighted by atomic mass is 10.1. The normalized spacial score (nSPS) is 15.1. The minimum atomic E-state index is -0.479. The van der Waals surface area contributed by atoms with Gasteiger partial charge in [-0.15, -0.1) is 0 Å². The monoisotopic (exact) mass is 494 g/mol. The summed E-state index contributed by atoms with van der Waals surface area (Å²) in [6.07, 6.45) is 3.45. The molecule has 1 aromatic heterocycles. The van der Waals surface area contributed by atoms with Crippen molar-refractivity contribution in [2.75, 3.05) is 0 Å². The number of carbonyl (C=O) groups is 2. The number of fused-ring (bicyclic) bond motifs is 1. The van der Waals surface area contributed by atoms with Crippen molar-refractivity contribution >= 4 is 51.5 Å². The largest absolute Gasteiger partial charge is 0.342 e. The predicted octanol–water partition coefficient (Wildman–Crippen LogP) is 6.86. The molecule has 4 nitrogen and oxygen atoms in total. The van der Waals surface area contributed by atoms with Crippen molar-refractivity contribution in [3.8, 4) is 0 Å². The smallest absolute Gasteiger partial charge is 0.293 e. The molecule has 0 N–H and O–H groups in total. The predicted molar refractivity (Wildman–Crippen MR) is 130 cm³/mol. The SMILES string of the molecule is O=C1S/C(=C\c2cn(Cc3c(F)cccc3Cl)c3ccccc23)C(=O)N1Cc1ccccc1F. The van der Waals surface area contributed by atoms with Crippen LogP contribution in [-0.4, -0.2) is 20.6 Å². The van der Waals surface area contributed by atoms with E-state index in [0.29, 0.717) is 16.1 Å². The zero-order chi connectivity index (χ0) is 23.8. The van der Waals surface area contributed by atoms with E-state index in [0.717, 1.165) is 27.6 Å². The molecular formula is C26H17ClF2N2O2S. The summed E-state index contributed by atoms with van der Waals surface area (Å²) in [5.41, 5.74) is 2.17. The molecule has 1 aliphatic rings. The van der Waals surface area contributed by atoms with Crippen LogP contribution in [0.2, 0.25) is 5.02 Å². The number of imide groups is 1. The Morgan fingerprint density at radius 2 is 1.62 bits per heavy atom. The van der Waals surface area contributed by atoms with Crippen molar-refractivity contribution < 1.29 is 18.4 Å². The summed E-state index contributed by atoms with van der Waals surface area (Å²) < 4.78 is 30.3. The van der Waals surface area contributed by atoms with Gasteiger partial charge < -0.3 is 4.57 Å². The first-order valence-corrected chi connectivity index (χ1v) is 11.6. The molecule has 1 fully saturated rings. The fourth-order valence-corrected chi connectivity index (χ4v) is 5.00. The van der Waals surface area contributed by atoms with Crippen molar-refractivity contribution in [3.05, 3.63) is 111 Å². The molecule has 34 heavy (non-hydrogen) atoms. The Morgan fingerprint density at radius 1 is 0.882 bits per heavy atom. The summed E-state index contributed by atoms with van der Waals surface area (Å²) in [5.74, 6) is -1.35. The van der Waals surface area contributed by atoms with Crippen molar-refractivity contribution in [2.24, 2.45) is 0 Å². The number of hydrogen-bond donors (Lipinski definition) is 0. The third-order valence-corrected chi connectivity index (χ3v) is 6.92. The minimum absolute atomic E-state index is 0.137. The van der Waals surface area contributed by atoms with Crippen LogP contribution >= 0.6 is 23.4 Å². The van der Waals surface area contributed by atoms with Crippen molar-refractivity contribution in [1.82, 2.24) is 9.47 Å². The van der Waals surface area contributed by atoms with Crippen LogP contribution in [0.4, 0.5) is 13.6 Å². The van der Waals surface area contributed by atoms with E-state index in [1.54, 1.807) is 42.6 Å². The first-order chi connectivity index (χ1) is 16.4. The van der Waals surface area contributed by atoms with Gasteiger partial charge >= 0.3 is 0 Å². The first kappa shape index (κ1) is 22.4. The van der Waals surface area contributed by atoms with Crippen LogP contribution in [0.3, 0.4) is 0 Å². The zero-order valence-electron chi connectivity index (χ0n) is 17.7. The highest BCUT2D eigenvalue weighted by atomic mass is 35.5. The summed E-state index contributed by atoms with van der Waals surface area (Å²) in [4.78, 5) is 26.8. The van der Waals surface area contributed by atoms with Crippen LogP contribution in [0.5, 0.6) is 0 Å². The zero-order valence-corrected chi connectivity index (χ0v) is 19.2. The van der Waals surface area contributed by atoms with E-state index < -0.39 is 22.8 Å². The molecule has 0 unspecified atom stereocenters. The lowest BCUT2D eigenvalue weighted by Crippen LogP contribution is -2.27. The Balaban J connectivity index is 1.49. The average molecular weight is 495 g/mol. The van der Waals surface area contributed by atoms with Crippen LogP contribution in [0.15, 0.2) is 77.8 Å². The molecule has 0 aliphatic carbocycles. The van der Waals surface area contributed by atoms with E-state index in [-0.39, 0.29) is 23.6 Å². The van der Waals surface area contributed by atoms with Gasteiger partial charge in [0, 0.05) is 38.8 Å². The second-order valence-electron chi connectivity index (χ2n) is 7.79. The van der Waals surface area contributed by atoms with E-state index in [1.807, 2.05) is 28.8 Å². The number of halogens is 3. The van der Waals surface area contributed by atoms with Crippen LogP contribution in [-0.2, 0) is 17.9 Å². The van der Waals surface area contributed by atoms with Gasteiger partial charge in [-0.1, -0.05) is 54.1 Å². The molecule has 4 aromatic rings. The van der Waals surface area contributed by atoms with Crippen LogP contribution < -0.4 is 0 Å². The Morgan fingerprint density at radius 3 is 2.41 bits per heavy atom. The van der Waals surface area contributed by atoms with Gasteiger partial charge in [0.1, 0.15) is 11.6 Å². The fourth-order valence-electron chi connectivity index (χ4n) is 3.95. The highest BCUT2D eigenvalue weighted by molar-refractivity contribution is 8.18. The van der Waals surface area contributed by atoms with E-state index in [2.05, 4.69) is 0 Å². The number of carbonyl (C=O) groups excluding carboxylic acids is 2. The van der Waals surface area contributed by atoms with Gasteiger partial charge in [-0.2, -0.15) is 0 Å². The number of nitrogens with zero attached hydrogens (tertiary/aromatic N) is 2. The lowest BCUT2D eigenvalue weighted by molar-refractivity contribution is -0.123. The van der Waals surface area contributed by atoms with Gasteiger partial charge in [0.15, 0.2) is 0 Å². The van der Waals surface area contributed by atoms with Crippen LogP contribution in [0.25, 0.3) is 17.0 Å². The van der Waals surface area contributed by atoms with Gasteiger partial charge in [0.25, 0.3) is 11.1 Å². The number of benzene rings is 3. The Kier molecular flexibility index (Phi) is 5.98. The summed E-state index contributed by atoms with van der Waals surface area (Å²) in [5, 5.41) is 0.714. The third kappa shape index (κ3) is 4.13. The maximum Gasteiger partial charge on any atom is 0.293 e. The molecule has 1 saturated heterocycles. The second kappa shape index (κ2) is 9.08. The molecule has 8 heteroatoms. The molecule has 170 valence electrons. The minimum Gasteiger partial charge on any atom is -0.342 e. The first-order valence-electron chi connectivity index (χ1n) is 10.4. The second-order valence-corrected chi connectivity index (χ2v) is 9.19. The maximum atomic E-state index is 14.4. The molecule has 0 radical (unpaired) electrons. The van der Waals surface area contributed by atoms with E-state index >= 15 is 0 Å². The van der Waals surface area contributed by atoms with Crippen LogP contribution in [0.1, 0.15) is 16.7 Å². The number of amides is 2. The number of thioether (sulfide) groups is 1. The number of hydrogen-bond acceptors (Lipinski definition) is 3. The van der Waals surface area contributed by atoms with Crippen molar-refractivity contribution in [1.29, 1.82) is 0 Å². The maximum absolute atomic E-state index is 14.4. The van der Waals surface area contributed by atoms with Gasteiger partial charge in [-0.25, -0.2) is 8.78 Å². The Hall–Kier alpha value is -3.42. The number of aromatic nitrogens is 1. The summed E-state index contributed by atoms with van der Waals surface area (Å²) in [6, 6.07) is 18.1. The molecule has 2 amide bonds. The van der Waals surface area contributed by atoms with Crippen molar-refractivity contribution in [3.63, 3.8) is 0 Å². The molecule has 0 saturated carbocycles. The Bertz CT molecular complexity index is 1460. The highest BCUT2D eigenvalue weighted by Gasteiger charge is 2.35. The van der Waals surface area contributed by atoms with Crippen molar-refractivity contribution in [2.45, 2.75) is 13.1 Å². The van der Waals surface area contributed by atoms with E-state index in [9.17, 15) is 18.4 Å². The summed E-state index contributed by atoms with van der Waals surface area (Å²) >= 11 is 7.03. The van der Waals surface area contributed by atoms with E-state index in [4.69, 9.17) is 11.6 Å². The van der Waals surface area contributed by atoms with Crippen LogP contribution in [0, 0.1) is 11.6 Å². The molecule has 0 spiro atoms. The fraction of sp³-hybridized carbons (Fsp3) is 0.0769. The molecule has 0 bridgehead atoms. The number of para-hydroxylation sites is 1. The van der Waals surface area contributed by atoms with E-state index in [1.165, 1.54) is 12.1 Å². The average Bonchev–Trinajstić information content (AvgIpc) is 3.30. The lowest BCUT2D eigenvalue weighted by Gasteiger charge is -2.12. The quantitative estimate of drug-likeness (QED) is 0.285. The molecule has 3 aromatic carbocycles. The van der Waals surface area contributed by atoms with Gasteiger partial charge in [0.2, 0.25) is 0 Å². The standard InChI is InChI=1S/C26H17ClF2N2O2S/c27-20-8-5-10-22(29)19(20)15-30-13-17(18-7-2-4-11-23(18)30)12-24-25(32)31(26(33)34-24)14-16-6-1-3-9-21(16)28/h1-13H,14-15H2/b24-12-. The molecule has 0 atom stereocenters. The highest BCUT2D eigenvalue weighted by Crippen LogP contribution is 2.35. The molecule has 5 rings (SSSR count). The molecule has 2 heterocycles. The van der Waals surface area contributed by atoms with Gasteiger partial charge in [-0.3, -0.25) is 14.5 Å². The third-order valence-electron chi connectivity index (χ3n) is 5.66. The summed E-state index contributed by atoms with van der Waals surface area (Å²) in [6.45, 7) is 0.0663. The Labute approximate surface area is 203 Å².